The first-order valence-electron chi connectivity index (χ1n) is 7.37. The molecule has 0 unspecified atom stereocenters. The molecule has 0 radical (unpaired) electrons. The van der Waals surface area contributed by atoms with E-state index in [4.69, 9.17) is 22.8 Å². The highest BCUT2D eigenvalue weighted by atomic mass is 35.5. The number of carbonyl (C=O) groups excluding carboxylic acids is 2. The zero-order valence-corrected chi connectivity index (χ0v) is 13.8. The maximum absolute atomic E-state index is 12.5. The SMILES string of the molecule is C#CCOc1ccc(C=C2NC(=O)N(c3cccc(Cl)c3)C2=O)cc1. The molecule has 0 atom stereocenters. The molecule has 2 aromatic rings. The number of rotatable bonds is 4. The summed E-state index contributed by atoms with van der Waals surface area (Å²) in [6.07, 6.45) is 6.73. The second-order valence-electron chi connectivity index (χ2n) is 5.17. The number of benzene rings is 2. The Labute approximate surface area is 149 Å². The van der Waals surface area contributed by atoms with Gasteiger partial charge in [0.05, 0.1) is 5.69 Å². The molecule has 1 heterocycles. The lowest BCUT2D eigenvalue weighted by atomic mass is 10.2. The van der Waals surface area contributed by atoms with Gasteiger partial charge in [0.15, 0.2) is 0 Å². The topological polar surface area (TPSA) is 58.6 Å². The molecule has 0 aromatic heterocycles. The number of hydrogen-bond acceptors (Lipinski definition) is 3. The molecule has 0 aliphatic carbocycles. The van der Waals surface area contributed by atoms with E-state index in [0.717, 1.165) is 10.5 Å². The smallest absolute Gasteiger partial charge is 0.333 e. The van der Waals surface area contributed by atoms with E-state index in [1.54, 1.807) is 54.6 Å². The van der Waals surface area contributed by atoms with Crippen molar-refractivity contribution in [3.63, 3.8) is 0 Å². The lowest BCUT2D eigenvalue weighted by Gasteiger charge is -2.11. The number of amides is 3. The van der Waals surface area contributed by atoms with E-state index < -0.39 is 11.9 Å². The number of imide groups is 1. The number of anilines is 1. The van der Waals surface area contributed by atoms with Crippen molar-refractivity contribution in [3.05, 3.63) is 64.8 Å². The summed E-state index contributed by atoms with van der Waals surface area (Å²) >= 11 is 5.93. The third-order valence-corrected chi connectivity index (χ3v) is 3.69. The molecule has 1 fully saturated rings. The number of ether oxygens (including phenoxy) is 1. The van der Waals surface area contributed by atoms with Gasteiger partial charge in [0, 0.05) is 5.02 Å². The molecule has 25 heavy (non-hydrogen) atoms. The van der Waals surface area contributed by atoms with Crippen LogP contribution in [-0.4, -0.2) is 18.5 Å². The first kappa shape index (κ1) is 16.6. The molecule has 1 aliphatic heterocycles. The second-order valence-corrected chi connectivity index (χ2v) is 5.61. The van der Waals surface area contributed by atoms with E-state index in [9.17, 15) is 9.59 Å². The second kappa shape index (κ2) is 7.12. The van der Waals surface area contributed by atoms with E-state index in [0.29, 0.717) is 16.5 Å². The monoisotopic (exact) mass is 352 g/mol. The highest BCUT2D eigenvalue weighted by Crippen LogP contribution is 2.25. The summed E-state index contributed by atoms with van der Waals surface area (Å²) in [7, 11) is 0. The molecule has 0 spiro atoms. The van der Waals surface area contributed by atoms with Crippen LogP contribution in [0.4, 0.5) is 10.5 Å². The minimum atomic E-state index is -0.521. The summed E-state index contributed by atoms with van der Waals surface area (Å²) in [5.41, 5.74) is 1.34. The van der Waals surface area contributed by atoms with Crippen molar-refractivity contribution in [2.24, 2.45) is 0 Å². The Morgan fingerprint density at radius 2 is 1.96 bits per heavy atom. The molecule has 0 saturated carbocycles. The van der Waals surface area contributed by atoms with Crippen LogP contribution in [-0.2, 0) is 4.79 Å². The summed E-state index contributed by atoms with van der Waals surface area (Å²) in [5.74, 6) is 2.57. The van der Waals surface area contributed by atoms with E-state index in [1.807, 2.05) is 0 Å². The van der Waals surface area contributed by atoms with Crippen LogP contribution in [0.15, 0.2) is 54.2 Å². The zero-order valence-electron chi connectivity index (χ0n) is 13.0. The first-order chi connectivity index (χ1) is 12.1. The van der Waals surface area contributed by atoms with E-state index >= 15 is 0 Å². The van der Waals surface area contributed by atoms with E-state index in [1.165, 1.54) is 0 Å². The maximum Gasteiger partial charge on any atom is 0.333 e. The summed E-state index contributed by atoms with van der Waals surface area (Å²) in [5, 5.41) is 3.01. The van der Waals surface area contributed by atoms with Gasteiger partial charge in [-0.05, 0) is 42.0 Å². The number of terminal acetylenes is 1. The molecule has 3 rings (SSSR count). The van der Waals surface area contributed by atoms with Crippen molar-refractivity contribution in [2.75, 3.05) is 11.5 Å². The predicted molar refractivity (Wildman–Crippen MR) is 96.2 cm³/mol. The number of hydrogen-bond donors (Lipinski definition) is 1. The third kappa shape index (κ3) is 3.65. The third-order valence-electron chi connectivity index (χ3n) is 3.46. The van der Waals surface area contributed by atoms with Crippen LogP contribution in [0, 0.1) is 12.3 Å². The average Bonchev–Trinajstić information content (AvgIpc) is 2.88. The Hall–Kier alpha value is -3.23. The summed E-state index contributed by atoms with van der Waals surface area (Å²) in [6, 6.07) is 13.0. The van der Waals surface area contributed by atoms with Crippen molar-refractivity contribution in [1.82, 2.24) is 5.32 Å². The zero-order chi connectivity index (χ0) is 17.8. The highest BCUT2D eigenvalue weighted by molar-refractivity contribution is 6.32. The van der Waals surface area contributed by atoms with Gasteiger partial charge < -0.3 is 10.1 Å². The summed E-state index contributed by atoms with van der Waals surface area (Å²) in [4.78, 5) is 25.7. The van der Waals surface area contributed by atoms with Gasteiger partial charge >= 0.3 is 6.03 Å². The van der Waals surface area contributed by atoms with E-state index in [-0.39, 0.29) is 12.3 Å². The van der Waals surface area contributed by atoms with Crippen LogP contribution < -0.4 is 15.0 Å². The van der Waals surface area contributed by atoms with Gasteiger partial charge in [-0.1, -0.05) is 35.7 Å². The highest BCUT2D eigenvalue weighted by Gasteiger charge is 2.34. The van der Waals surface area contributed by atoms with Gasteiger partial charge in [-0.25, -0.2) is 9.69 Å². The molecule has 124 valence electrons. The fraction of sp³-hybridized carbons (Fsp3) is 0.0526. The number of nitrogens with one attached hydrogen (secondary N) is 1. The van der Waals surface area contributed by atoms with Crippen LogP contribution >= 0.6 is 11.6 Å². The molecular formula is C19H13ClN2O3. The molecule has 1 saturated heterocycles. The number of nitrogens with zero attached hydrogens (tertiary/aromatic N) is 1. The van der Waals surface area contributed by atoms with Crippen molar-refractivity contribution < 1.29 is 14.3 Å². The Morgan fingerprint density at radius 1 is 1.20 bits per heavy atom. The van der Waals surface area contributed by atoms with Crippen LogP contribution in [0.25, 0.3) is 6.08 Å². The Bertz CT molecular complexity index is 898. The van der Waals surface area contributed by atoms with Gasteiger partial charge in [0.25, 0.3) is 5.91 Å². The van der Waals surface area contributed by atoms with Gasteiger partial charge in [-0.3, -0.25) is 4.79 Å². The lowest BCUT2D eigenvalue weighted by Crippen LogP contribution is -2.30. The molecule has 5 nitrogen and oxygen atoms in total. The van der Waals surface area contributed by atoms with Gasteiger partial charge in [-0.2, -0.15) is 0 Å². The van der Waals surface area contributed by atoms with Gasteiger partial charge in [0.2, 0.25) is 0 Å². The minimum Gasteiger partial charge on any atom is -0.481 e. The maximum atomic E-state index is 12.5. The fourth-order valence-corrected chi connectivity index (χ4v) is 2.52. The van der Waals surface area contributed by atoms with Crippen LogP contribution in [0.1, 0.15) is 5.56 Å². The number of halogens is 1. The van der Waals surface area contributed by atoms with Crippen LogP contribution in [0.3, 0.4) is 0 Å². The molecule has 0 bridgehead atoms. The first-order valence-corrected chi connectivity index (χ1v) is 7.75. The lowest BCUT2D eigenvalue weighted by molar-refractivity contribution is -0.113. The number of carbonyl (C=O) groups is 2. The molecule has 1 N–H and O–H groups in total. The largest absolute Gasteiger partial charge is 0.481 e. The van der Waals surface area contributed by atoms with Gasteiger partial charge in [0.1, 0.15) is 18.1 Å². The van der Waals surface area contributed by atoms with Crippen molar-refractivity contribution >= 4 is 35.3 Å². The molecule has 3 amide bonds. The quantitative estimate of drug-likeness (QED) is 0.521. The van der Waals surface area contributed by atoms with Crippen molar-refractivity contribution in [2.45, 2.75) is 0 Å². The predicted octanol–water partition coefficient (Wildman–Crippen LogP) is 3.45. The number of urea groups is 1. The standard InChI is InChI=1S/C19H13ClN2O3/c1-2-10-25-16-8-6-13(7-9-16)11-17-18(23)22(19(24)21-17)15-5-3-4-14(20)12-15/h1,3-9,11-12H,10H2,(H,21,24). The molecule has 1 aliphatic rings. The van der Waals surface area contributed by atoms with E-state index in [2.05, 4.69) is 11.2 Å². The summed E-state index contributed by atoms with van der Waals surface area (Å²) in [6.45, 7) is 0.184. The fourth-order valence-electron chi connectivity index (χ4n) is 2.34. The molecule has 2 aromatic carbocycles. The Kier molecular flexibility index (Phi) is 4.73. The Morgan fingerprint density at radius 3 is 2.64 bits per heavy atom. The Balaban J connectivity index is 1.82. The van der Waals surface area contributed by atoms with Crippen LogP contribution in [0.2, 0.25) is 5.02 Å². The van der Waals surface area contributed by atoms with Gasteiger partial charge in [-0.15, -0.1) is 6.42 Å². The van der Waals surface area contributed by atoms with Crippen molar-refractivity contribution in [3.8, 4) is 18.1 Å². The minimum absolute atomic E-state index is 0.183. The molecular weight excluding hydrogens is 340 g/mol. The van der Waals surface area contributed by atoms with Crippen molar-refractivity contribution in [1.29, 1.82) is 0 Å². The average molecular weight is 353 g/mol. The normalized spacial score (nSPS) is 15.2. The summed E-state index contributed by atoms with van der Waals surface area (Å²) < 4.78 is 5.29. The molecule has 6 heteroatoms. The van der Waals surface area contributed by atoms with Crippen LogP contribution in [0.5, 0.6) is 5.75 Å².